The third kappa shape index (κ3) is 4.08. The van der Waals surface area contributed by atoms with Crippen LogP contribution in [0.1, 0.15) is 55.8 Å². The van der Waals surface area contributed by atoms with Gasteiger partial charge in [0.05, 0.1) is 12.6 Å². The van der Waals surface area contributed by atoms with E-state index in [9.17, 15) is 0 Å². The lowest BCUT2D eigenvalue weighted by atomic mass is 9.96. The van der Waals surface area contributed by atoms with Gasteiger partial charge in [0.25, 0.3) is 0 Å². The van der Waals surface area contributed by atoms with Crippen molar-refractivity contribution in [2.24, 2.45) is 5.73 Å². The maximum atomic E-state index is 6.38. The van der Waals surface area contributed by atoms with Crippen LogP contribution in [0.3, 0.4) is 0 Å². The summed E-state index contributed by atoms with van der Waals surface area (Å²) in [7, 11) is 0. The molecule has 0 saturated heterocycles. The first kappa shape index (κ1) is 15.6. The lowest BCUT2D eigenvalue weighted by Crippen LogP contribution is -2.12. The molecule has 0 spiro atoms. The Morgan fingerprint density at radius 3 is 2.24 bits per heavy atom. The molecule has 0 saturated carbocycles. The summed E-state index contributed by atoms with van der Waals surface area (Å²) < 4.78 is 5.68. The molecule has 0 aliphatic carbocycles. The van der Waals surface area contributed by atoms with E-state index in [2.05, 4.69) is 51.1 Å². The molecule has 0 bridgehead atoms. The van der Waals surface area contributed by atoms with Crippen LogP contribution in [0.5, 0.6) is 5.75 Å². The van der Waals surface area contributed by atoms with Crippen LogP contribution >= 0.6 is 0 Å². The van der Waals surface area contributed by atoms with Gasteiger partial charge in [0.2, 0.25) is 0 Å². The molecule has 1 atom stereocenters. The maximum Gasteiger partial charge on any atom is 0.119 e. The van der Waals surface area contributed by atoms with Gasteiger partial charge >= 0.3 is 0 Å². The van der Waals surface area contributed by atoms with Gasteiger partial charge in [-0.05, 0) is 41.2 Å². The van der Waals surface area contributed by atoms with Crippen molar-refractivity contribution in [3.05, 3.63) is 65.2 Å². The second-order valence-corrected chi connectivity index (χ2v) is 5.72. The third-order valence-electron chi connectivity index (χ3n) is 3.65. The molecule has 0 fully saturated rings. The number of hydrogen-bond acceptors (Lipinski definition) is 2. The Morgan fingerprint density at radius 2 is 1.62 bits per heavy atom. The zero-order chi connectivity index (χ0) is 15.2. The van der Waals surface area contributed by atoms with Crippen LogP contribution in [0.4, 0.5) is 0 Å². The van der Waals surface area contributed by atoms with Crippen LogP contribution in [-0.2, 0) is 0 Å². The smallest absolute Gasteiger partial charge is 0.119 e. The van der Waals surface area contributed by atoms with Crippen molar-refractivity contribution in [1.29, 1.82) is 0 Å². The molecule has 2 aromatic carbocycles. The van der Waals surface area contributed by atoms with Gasteiger partial charge in [-0.15, -0.1) is 0 Å². The Labute approximate surface area is 127 Å². The molecule has 112 valence electrons. The molecule has 2 aromatic rings. The second-order valence-electron chi connectivity index (χ2n) is 5.72. The van der Waals surface area contributed by atoms with Crippen LogP contribution in [0.15, 0.2) is 48.5 Å². The van der Waals surface area contributed by atoms with Crippen molar-refractivity contribution in [1.82, 2.24) is 0 Å². The van der Waals surface area contributed by atoms with Gasteiger partial charge in [0.1, 0.15) is 5.75 Å². The average molecular weight is 283 g/mol. The fraction of sp³-hybridized carbons (Fsp3) is 0.368. The molecule has 0 heterocycles. The van der Waals surface area contributed by atoms with E-state index in [1.165, 1.54) is 5.56 Å². The van der Waals surface area contributed by atoms with E-state index in [1.54, 1.807) is 0 Å². The van der Waals surface area contributed by atoms with E-state index in [1.807, 2.05) is 18.2 Å². The van der Waals surface area contributed by atoms with Crippen molar-refractivity contribution in [2.75, 3.05) is 6.61 Å². The van der Waals surface area contributed by atoms with E-state index in [-0.39, 0.29) is 6.04 Å². The highest BCUT2D eigenvalue weighted by atomic mass is 16.5. The van der Waals surface area contributed by atoms with Gasteiger partial charge in [-0.3, -0.25) is 0 Å². The van der Waals surface area contributed by atoms with Gasteiger partial charge < -0.3 is 10.5 Å². The molecule has 0 aromatic heterocycles. The highest BCUT2D eigenvalue weighted by Crippen LogP contribution is 2.25. The van der Waals surface area contributed by atoms with Crippen LogP contribution in [-0.4, -0.2) is 6.61 Å². The number of rotatable bonds is 6. The predicted octanol–water partition coefficient (Wildman–Crippen LogP) is 4.65. The molecule has 0 aliphatic rings. The monoisotopic (exact) mass is 283 g/mol. The zero-order valence-electron chi connectivity index (χ0n) is 13.2. The predicted molar refractivity (Wildman–Crippen MR) is 88.8 cm³/mol. The fourth-order valence-electron chi connectivity index (χ4n) is 2.30. The molecule has 2 rings (SSSR count). The first-order valence-corrected chi connectivity index (χ1v) is 7.70. The average Bonchev–Trinajstić information content (AvgIpc) is 2.52. The molecule has 0 radical (unpaired) electrons. The van der Waals surface area contributed by atoms with E-state index in [0.29, 0.717) is 5.92 Å². The minimum Gasteiger partial charge on any atom is -0.494 e. The summed E-state index contributed by atoms with van der Waals surface area (Å²) in [5.74, 6) is 1.43. The third-order valence-corrected chi connectivity index (χ3v) is 3.65. The van der Waals surface area contributed by atoms with Gasteiger partial charge in [0, 0.05) is 0 Å². The lowest BCUT2D eigenvalue weighted by Gasteiger charge is -2.15. The van der Waals surface area contributed by atoms with Gasteiger partial charge in [-0.2, -0.15) is 0 Å². The number of hydrogen-bond donors (Lipinski definition) is 1. The number of benzene rings is 2. The number of ether oxygens (including phenoxy) is 1. The Kier molecular flexibility index (Phi) is 5.40. The molecule has 0 aliphatic heterocycles. The topological polar surface area (TPSA) is 35.2 Å². The molecule has 2 heteroatoms. The van der Waals surface area contributed by atoms with Crippen LogP contribution < -0.4 is 10.5 Å². The number of nitrogens with two attached hydrogens (primary N) is 1. The Morgan fingerprint density at radius 1 is 0.952 bits per heavy atom. The summed E-state index contributed by atoms with van der Waals surface area (Å²) in [5.41, 5.74) is 9.94. The first-order chi connectivity index (χ1) is 10.1. The summed E-state index contributed by atoms with van der Waals surface area (Å²) in [6, 6.07) is 16.5. The summed E-state index contributed by atoms with van der Waals surface area (Å²) >= 11 is 0. The molecule has 2 N–H and O–H groups in total. The molecular weight excluding hydrogens is 258 g/mol. The van der Waals surface area contributed by atoms with Crippen molar-refractivity contribution < 1.29 is 4.74 Å². The molecular formula is C19H25NO. The minimum atomic E-state index is -0.114. The SMILES string of the molecule is CCCOc1cccc(C(N)c2ccc(C(C)C)cc2)c1. The van der Waals surface area contributed by atoms with Crippen LogP contribution in [0.2, 0.25) is 0 Å². The maximum absolute atomic E-state index is 6.38. The van der Waals surface area contributed by atoms with E-state index >= 15 is 0 Å². The second kappa shape index (κ2) is 7.28. The van der Waals surface area contributed by atoms with Gasteiger partial charge in [-0.25, -0.2) is 0 Å². The Balaban J connectivity index is 2.16. The summed E-state index contributed by atoms with van der Waals surface area (Å²) in [5, 5.41) is 0. The minimum absolute atomic E-state index is 0.114. The van der Waals surface area contributed by atoms with Crippen molar-refractivity contribution in [3.63, 3.8) is 0 Å². The summed E-state index contributed by atoms with van der Waals surface area (Å²) in [6.07, 6.45) is 1.01. The molecule has 21 heavy (non-hydrogen) atoms. The Bertz CT molecular complexity index is 560. The highest BCUT2D eigenvalue weighted by molar-refractivity contribution is 5.37. The zero-order valence-corrected chi connectivity index (χ0v) is 13.2. The lowest BCUT2D eigenvalue weighted by molar-refractivity contribution is 0.317. The Hall–Kier alpha value is -1.80. The van der Waals surface area contributed by atoms with Crippen molar-refractivity contribution >= 4 is 0 Å². The van der Waals surface area contributed by atoms with E-state index in [4.69, 9.17) is 10.5 Å². The standard InChI is InChI=1S/C19H25NO/c1-4-12-21-18-7-5-6-17(13-18)19(20)16-10-8-15(9-11-16)14(2)3/h5-11,13-14,19H,4,12,20H2,1-3H3. The summed E-state index contributed by atoms with van der Waals surface area (Å²) in [4.78, 5) is 0. The first-order valence-electron chi connectivity index (χ1n) is 7.70. The molecule has 0 amide bonds. The van der Waals surface area contributed by atoms with E-state index in [0.717, 1.165) is 29.9 Å². The van der Waals surface area contributed by atoms with E-state index < -0.39 is 0 Å². The fourth-order valence-corrected chi connectivity index (χ4v) is 2.30. The molecule has 2 nitrogen and oxygen atoms in total. The summed E-state index contributed by atoms with van der Waals surface area (Å²) in [6.45, 7) is 7.24. The van der Waals surface area contributed by atoms with Crippen molar-refractivity contribution in [3.8, 4) is 5.75 Å². The normalized spacial score (nSPS) is 12.4. The van der Waals surface area contributed by atoms with Crippen LogP contribution in [0, 0.1) is 0 Å². The quantitative estimate of drug-likeness (QED) is 0.837. The largest absolute Gasteiger partial charge is 0.494 e. The van der Waals surface area contributed by atoms with Gasteiger partial charge in [-0.1, -0.05) is 57.2 Å². The van der Waals surface area contributed by atoms with Crippen molar-refractivity contribution in [2.45, 2.75) is 39.2 Å². The van der Waals surface area contributed by atoms with Crippen LogP contribution in [0.25, 0.3) is 0 Å². The molecule has 1 unspecified atom stereocenters. The van der Waals surface area contributed by atoms with Gasteiger partial charge in [0.15, 0.2) is 0 Å². The highest BCUT2D eigenvalue weighted by Gasteiger charge is 2.10.